The first kappa shape index (κ1) is 12.8. The number of aliphatic carboxylic acids is 1. The zero-order chi connectivity index (χ0) is 12.0. The van der Waals surface area contributed by atoms with Crippen molar-refractivity contribution in [1.82, 2.24) is 9.97 Å². The first-order chi connectivity index (χ1) is 6.84. The molecule has 0 aliphatic carbocycles. The minimum Gasteiger partial charge on any atom is -0.476 e. The number of nitrogens with one attached hydrogen (secondary N) is 2. The SMILES string of the molecule is CC(=O)C(=O)O.O=c1[nH]cc(F)c(=O)[nH]1. The van der Waals surface area contributed by atoms with Gasteiger partial charge in [0, 0.05) is 13.1 Å². The molecule has 1 aromatic rings. The number of H-pyrrole nitrogens is 2. The maximum atomic E-state index is 12.0. The van der Waals surface area contributed by atoms with Crippen LogP contribution in [0.5, 0.6) is 0 Å². The number of hydrogen-bond acceptors (Lipinski definition) is 4. The van der Waals surface area contributed by atoms with E-state index in [0.29, 0.717) is 6.20 Å². The van der Waals surface area contributed by atoms with Crippen molar-refractivity contribution in [2.24, 2.45) is 0 Å². The van der Waals surface area contributed by atoms with Crippen molar-refractivity contribution in [1.29, 1.82) is 0 Å². The van der Waals surface area contributed by atoms with E-state index >= 15 is 0 Å². The highest BCUT2D eigenvalue weighted by atomic mass is 19.1. The molecule has 0 aliphatic heterocycles. The van der Waals surface area contributed by atoms with Crippen LogP contribution < -0.4 is 11.2 Å². The second-order valence-corrected chi connectivity index (χ2v) is 2.28. The number of carbonyl (C=O) groups is 2. The highest BCUT2D eigenvalue weighted by molar-refractivity contribution is 6.31. The van der Waals surface area contributed by atoms with Gasteiger partial charge in [-0.1, -0.05) is 0 Å². The summed E-state index contributed by atoms with van der Waals surface area (Å²) < 4.78 is 12.0. The Morgan fingerprint density at radius 1 is 1.40 bits per heavy atom. The van der Waals surface area contributed by atoms with Crippen LogP contribution in [0.25, 0.3) is 0 Å². The lowest BCUT2D eigenvalue weighted by Gasteiger charge is -1.81. The molecule has 8 heteroatoms. The smallest absolute Gasteiger partial charge is 0.371 e. The van der Waals surface area contributed by atoms with Crippen LogP contribution in [0.1, 0.15) is 6.92 Å². The van der Waals surface area contributed by atoms with Crippen molar-refractivity contribution in [3.05, 3.63) is 32.9 Å². The van der Waals surface area contributed by atoms with E-state index < -0.39 is 28.8 Å². The van der Waals surface area contributed by atoms with Crippen LogP contribution in [-0.4, -0.2) is 26.8 Å². The number of halogens is 1. The lowest BCUT2D eigenvalue weighted by molar-refractivity contribution is -0.148. The summed E-state index contributed by atoms with van der Waals surface area (Å²) in [5.74, 6) is -3.19. The third-order valence-corrected chi connectivity index (χ3v) is 1.08. The molecule has 1 heterocycles. The normalized spacial score (nSPS) is 8.67. The summed E-state index contributed by atoms with van der Waals surface area (Å²) in [6, 6.07) is 0. The van der Waals surface area contributed by atoms with E-state index in [0.717, 1.165) is 6.92 Å². The molecule has 0 aliphatic rings. The molecule has 0 bridgehead atoms. The molecular weight excluding hydrogens is 211 g/mol. The maximum Gasteiger partial charge on any atom is 0.371 e. The number of rotatable bonds is 1. The summed E-state index contributed by atoms with van der Waals surface area (Å²) in [6.07, 6.45) is 0.709. The Morgan fingerprint density at radius 3 is 2.13 bits per heavy atom. The van der Waals surface area contributed by atoms with E-state index in [4.69, 9.17) is 5.11 Å². The summed E-state index contributed by atoms with van der Waals surface area (Å²) in [4.78, 5) is 42.9. The topological polar surface area (TPSA) is 120 Å². The molecule has 0 aromatic carbocycles. The van der Waals surface area contributed by atoms with E-state index in [1.54, 1.807) is 4.98 Å². The van der Waals surface area contributed by atoms with Crippen LogP contribution >= 0.6 is 0 Å². The molecule has 0 saturated carbocycles. The second kappa shape index (κ2) is 5.47. The Balaban J connectivity index is 0.000000288. The summed E-state index contributed by atoms with van der Waals surface area (Å²) in [7, 11) is 0. The number of aromatic nitrogens is 2. The zero-order valence-electron chi connectivity index (χ0n) is 7.54. The van der Waals surface area contributed by atoms with Crippen LogP contribution in [-0.2, 0) is 9.59 Å². The second-order valence-electron chi connectivity index (χ2n) is 2.28. The molecular formula is C7H7FN2O5. The molecule has 3 N–H and O–H groups in total. The molecule has 1 aromatic heterocycles. The zero-order valence-corrected chi connectivity index (χ0v) is 7.54. The van der Waals surface area contributed by atoms with Gasteiger partial charge < -0.3 is 10.1 Å². The molecule has 0 saturated heterocycles. The molecule has 7 nitrogen and oxygen atoms in total. The Hall–Kier alpha value is -2.25. The van der Waals surface area contributed by atoms with Gasteiger partial charge in [0.2, 0.25) is 11.6 Å². The van der Waals surface area contributed by atoms with Crippen molar-refractivity contribution in [3.8, 4) is 0 Å². The van der Waals surface area contributed by atoms with Gasteiger partial charge in [0.05, 0.1) is 0 Å². The number of ketones is 1. The quantitative estimate of drug-likeness (QED) is 0.514. The summed E-state index contributed by atoms with van der Waals surface area (Å²) in [6.45, 7) is 1.00. The van der Waals surface area contributed by atoms with Gasteiger partial charge in [-0.2, -0.15) is 4.39 Å². The van der Waals surface area contributed by atoms with E-state index in [-0.39, 0.29) is 0 Å². The van der Waals surface area contributed by atoms with Crippen molar-refractivity contribution >= 4 is 11.8 Å². The molecule has 0 radical (unpaired) electrons. The van der Waals surface area contributed by atoms with Crippen molar-refractivity contribution < 1.29 is 19.1 Å². The van der Waals surface area contributed by atoms with E-state index in [1.807, 2.05) is 4.98 Å². The van der Waals surface area contributed by atoms with Gasteiger partial charge >= 0.3 is 11.7 Å². The van der Waals surface area contributed by atoms with Gasteiger partial charge in [0.1, 0.15) is 0 Å². The maximum absolute atomic E-state index is 12.0. The number of carboxylic acids is 1. The highest BCUT2D eigenvalue weighted by Gasteiger charge is 1.99. The first-order valence-corrected chi connectivity index (χ1v) is 3.56. The Morgan fingerprint density at radius 2 is 1.87 bits per heavy atom. The van der Waals surface area contributed by atoms with E-state index in [2.05, 4.69) is 0 Å². The fourth-order valence-corrected chi connectivity index (χ4v) is 0.393. The lowest BCUT2D eigenvalue weighted by atomic mass is 10.5. The Labute approximate surface area is 81.6 Å². The molecule has 82 valence electrons. The highest BCUT2D eigenvalue weighted by Crippen LogP contribution is 1.74. The molecule has 0 unspecified atom stereocenters. The molecule has 1 rings (SSSR count). The van der Waals surface area contributed by atoms with Crippen LogP contribution in [0, 0.1) is 5.82 Å². The van der Waals surface area contributed by atoms with Crippen LogP contribution in [0.2, 0.25) is 0 Å². The van der Waals surface area contributed by atoms with Gasteiger partial charge in [-0.25, -0.2) is 9.59 Å². The molecule has 0 atom stereocenters. The van der Waals surface area contributed by atoms with E-state index in [9.17, 15) is 23.6 Å². The number of aromatic amines is 2. The summed E-state index contributed by atoms with van der Waals surface area (Å²) >= 11 is 0. The fourth-order valence-electron chi connectivity index (χ4n) is 0.393. The number of carbonyl (C=O) groups excluding carboxylic acids is 1. The van der Waals surface area contributed by atoms with Gasteiger partial charge in [0.15, 0.2) is 0 Å². The van der Waals surface area contributed by atoms with E-state index in [1.165, 1.54) is 0 Å². The average molecular weight is 218 g/mol. The molecule has 0 fully saturated rings. The predicted octanol–water partition coefficient (Wildman–Crippen LogP) is -1.14. The lowest BCUT2D eigenvalue weighted by Crippen LogP contribution is -2.23. The van der Waals surface area contributed by atoms with Crippen molar-refractivity contribution in [3.63, 3.8) is 0 Å². The minimum absolute atomic E-state index is 0.707. The first-order valence-electron chi connectivity index (χ1n) is 3.56. The fraction of sp³-hybridized carbons (Fsp3) is 0.143. The molecule has 15 heavy (non-hydrogen) atoms. The van der Waals surface area contributed by atoms with Crippen molar-refractivity contribution in [2.75, 3.05) is 0 Å². The molecule has 0 amide bonds. The van der Waals surface area contributed by atoms with Crippen LogP contribution in [0.4, 0.5) is 4.39 Å². The monoisotopic (exact) mass is 218 g/mol. The third-order valence-electron chi connectivity index (χ3n) is 1.08. The van der Waals surface area contributed by atoms with Gasteiger partial charge in [0.25, 0.3) is 5.56 Å². The van der Waals surface area contributed by atoms with Crippen LogP contribution in [0.3, 0.4) is 0 Å². The van der Waals surface area contributed by atoms with Gasteiger partial charge in [-0.05, 0) is 0 Å². The minimum atomic E-state index is -1.38. The number of Topliss-reactive ketones (excluding diaryl/α,β-unsaturated/α-hetero) is 1. The van der Waals surface area contributed by atoms with Crippen LogP contribution in [0.15, 0.2) is 15.8 Å². The van der Waals surface area contributed by atoms with Crippen molar-refractivity contribution in [2.45, 2.75) is 6.92 Å². The number of carboxylic acid groups (broad SMARTS) is 1. The Kier molecular flexibility index (Phi) is 4.65. The van der Waals surface area contributed by atoms with Gasteiger partial charge in [-0.15, -0.1) is 0 Å². The standard InChI is InChI=1S/C4H3FN2O2.C3H4O3/c5-2-1-6-4(9)7-3(2)8;1-2(4)3(5)6/h1H,(H2,6,7,8,9);1H3,(H,5,6). The largest absolute Gasteiger partial charge is 0.476 e. The average Bonchev–Trinajstić information content (AvgIpc) is 2.13. The predicted molar refractivity (Wildman–Crippen MR) is 46.0 cm³/mol. The Bertz CT molecular complexity index is 463. The number of hydrogen-bond donors (Lipinski definition) is 3. The summed E-state index contributed by atoms with van der Waals surface area (Å²) in [5, 5.41) is 7.64. The molecule has 0 spiro atoms. The van der Waals surface area contributed by atoms with Gasteiger partial charge in [-0.3, -0.25) is 14.6 Å². The third kappa shape index (κ3) is 5.13. The summed E-state index contributed by atoms with van der Waals surface area (Å²) in [5.41, 5.74) is -1.71.